The average molecular weight is 660 g/mol. The highest BCUT2D eigenvalue weighted by atomic mass is 19.1. The molecule has 1 saturated carbocycles. The van der Waals surface area contributed by atoms with Gasteiger partial charge in [0.15, 0.2) is 0 Å². The second kappa shape index (κ2) is 14.5. The van der Waals surface area contributed by atoms with Gasteiger partial charge in [-0.2, -0.15) is 0 Å². The number of carbonyl (C=O) groups excluding carboxylic acids is 2. The van der Waals surface area contributed by atoms with Crippen molar-refractivity contribution < 1.29 is 27.8 Å². The van der Waals surface area contributed by atoms with Crippen molar-refractivity contribution in [3.05, 3.63) is 84.1 Å². The van der Waals surface area contributed by atoms with E-state index in [1.807, 2.05) is 12.1 Å². The number of rotatable bonds is 12. The number of nitrogens with one attached hydrogen (secondary N) is 1. The molecular formula is C37H43F2N5O4. The van der Waals surface area contributed by atoms with Crippen LogP contribution in [0.2, 0.25) is 0 Å². The number of hydrogen-bond acceptors (Lipinski definition) is 8. The van der Waals surface area contributed by atoms with Gasteiger partial charge in [-0.25, -0.2) is 13.8 Å². The van der Waals surface area contributed by atoms with Gasteiger partial charge in [-0.1, -0.05) is 0 Å². The van der Waals surface area contributed by atoms with Crippen molar-refractivity contribution in [1.82, 2.24) is 15.2 Å². The van der Waals surface area contributed by atoms with Gasteiger partial charge >= 0.3 is 5.97 Å². The van der Waals surface area contributed by atoms with Crippen LogP contribution < -0.4 is 19.9 Å². The van der Waals surface area contributed by atoms with Crippen LogP contribution in [0.3, 0.4) is 0 Å². The van der Waals surface area contributed by atoms with Gasteiger partial charge in [-0.15, -0.1) is 0 Å². The first-order valence-electron chi connectivity index (χ1n) is 17.2. The summed E-state index contributed by atoms with van der Waals surface area (Å²) in [4.78, 5) is 38.8. The summed E-state index contributed by atoms with van der Waals surface area (Å²) in [6.07, 6.45) is 6.61. The first kappa shape index (κ1) is 32.3. The minimum Gasteiger partial charge on any atom is -0.474 e. The van der Waals surface area contributed by atoms with E-state index in [4.69, 9.17) is 9.47 Å². The Kier molecular flexibility index (Phi) is 9.74. The Hall–Kier alpha value is -4.25. The number of amides is 1. The van der Waals surface area contributed by atoms with Gasteiger partial charge in [0.2, 0.25) is 11.8 Å². The Morgan fingerprint density at radius 2 is 1.40 bits per heavy atom. The molecule has 254 valence electrons. The van der Waals surface area contributed by atoms with Crippen molar-refractivity contribution in [2.75, 3.05) is 55.6 Å². The number of nitrogens with zero attached hydrogens (tertiary/aromatic N) is 4. The van der Waals surface area contributed by atoms with Crippen LogP contribution in [0.15, 0.2) is 66.9 Å². The van der Waals surface area contributed by atoms with Crippen molar-refractivity contribution in [3.8, 4) is 5.88 Å². The van der Waals surface area contributed by atoms with Gasteiger partial charge in [-0.3, -0.25) is 9.59 Å². The second-order valence-corrected chi connectivity index (χ2v) is 13.5. The Morgan fingerprint density at radius 1 is 0.792 bits per heavy atom. The molecule has 11 heteroatoms. The second-order valence-electron chi connectivity index (χ2n) is 13.5. The summed E-state index contributed by atoms with van der Waals surface area (Å²) in [7, 11) is 0. The summed E-state index contributed by atoms with van der Waals surface area (Å²) >= 11 is 0. The van der Waals surface area contributed by atoms with Gasteiger partial charge in [0.05, 0.1) is 17.9 Å². The highest BCUT2D eigenvalue weighted by Gasteiger charge is 2.38. The number of carbonyl (C=O) groups is 2. The summed E-state index contributed by atoms with van der Waals surface area (Å²) in [5, 5.41) is 3.31. The van der Waals surface area contributed by atoms with Crippen LogP contribution in [0.4, 0.5) is 20.2 Å². The summed E-state index contributed by atoms with van der Waals surface area (Å²) in [6.45, 7) is 4.70. The zero-order chi connectivity index (χ0) is 33.0. The molecule has 4 fully saturated rings. The van der Waals surface area contributed by atoms with E-state index in [-0.39, 0.29) is 41.5 Å². The highest BCUT2D eigenvalue weighted by Crippen LogP contribution is 2.32. The third-order valence-electron chi connectivity index (χ3n) is 9.95. The fourth-order valence-corrected chi connectivity index (χ4v) is 7.05. The summed E-state index contributed by atoms with van der Waals surface area (Å²) in [6, 6.07) is 15.9. The SMILES string of the molecule is O=C(NC(CN1CCCC1)[C@H](OC(=O)C1CCN(c2ccc(F)cc2)C1)c1ccc(OC2CC2)nc1)C1CCN(c2ccc(F)cc2)C1. The van der Waals surface area contributed by atoms with E-state index >= 15 is 0 Å². The molecule has 3 aliphatic heterocycles. The van der Waals surface area contributed by atoms with E-state index in [0.29, 0.717) is 57.0 Å². The monoisotopic (exact) mass is 659 g/mol. The smallest absolute Gasteiger partial charge is 0.311 e. The molecule has 4 heterocycles. The van der Waals surface area contributed by atoms with Crippen LogP contribution in [0.5, 0.6) is 5.88 Å². The molecule has 9 nitrogen and oxygen atoms in total. The number of ether oxygens (including phenoxy) is 2. The number of anilines is 2. The highest BCUT2D eigenvalue weighted by molar-refractivity contribution is 5.81. The normalized spacial score (nSPS) is 22.5. The van der Waals surface area contributed by atoms with E-state index in [2.05, 4.69) is 25.0 Å². The maximum atomic E-state index is 13.9. The molecule has 4 aliphatic rings. The number of likely N-dealkylation sites (tertiary alicyclic amines) is 1. The fourth-order valence-electron chi connectivity index (χ4n) is 7.05. The molecule has 3 unspecified atom stereocenters. The van der Waals surface area contributed by atoms with Crippen LogP contribution in [0.25, 0.3) is 0 Å². The quantitative estimate of drug-likeness (QED) is 0.269. The summed E-state index contributed by atoms with van der Waals surface area (Å²) < 4.78 is 39.4. The van der Waals surface area contributed by atoms with E-state index in [1.165, 1.54) is 24.3 Å². The van der Waals surface area contributed by atoms with Gasteiger partial charge in [0, 0.05) is 61.9 Å². The zero-order valence-electron chi connectivity index (χ0n) is 27.1. The van der Waals surface area contributed by atoms with E-state index < -0.39 is 12.1 Å². The van der Waals surface area contributed by atoms with Gasteiger partial charge in [-0.05, 0) is 106 Å². The number of esters is 1. The minimum absolute atomic E-state index is 0.0881. The molecule has 1 amide bonds. The Labute approximate surface area is 280 Å². The molecule has 3 aromatic rings. The lowest BCUT2D eigenvalue weighted by molar-refractivity contribution is -0.156. The molecule has 0 bridgehead atoms. The van der Waals surface area contributed by atoms with E-state index in [1.54, 1.807) is 30.5 Å². The first-order valence-corrected chi connectivity index (χ1v) is 17.2. The number of aromatic nitrogens is 1. The van der Waals surface area contributed by atoms with Crippen LogP contribution in [-0.2, 0) is 14.3 Å². The van der Waals surface area contributed by atoms with Crippen LogP contribution in [0.1, 0.15) is 50.2 Å². The maximum absolute atomic E-state index is 13.9. The Balaban J connectivity index is 1.10. The van der Waals surface area contributed by atoms with Crippen molar-refractivity contribution in [2.24, 2.45) is 11.8 Å². The summed E-state index contributed by atoms with van der Waals surface area (Å²) in [5.74, 6) is -1.11. The number of hydrogen-bond donors (Lipinski definition) is 1. The minimum atomic E-state index is -0.765. The molecule has 3 saturated heterocycles. The number of benzene rings is 2. The molecule has 0 radical (unpaired) electrons. The fraction of sp³-hybridized carbons (Fsp3) is 0.486. The predicted octanol–water partition coefficient (Wildman–Crippen LogP) is 5.12. The summed E-state index contributed by atoms with van der Waals surface area (Å²) in [5.41, 5.74) is 2.45. The van der Waals surface area contributed by atoms with Crippen molar-refractivity contribution >= 4 is 23.3 Å². The molecule has 48 heavy (non-hydrogen) atoms. The van der Waals surface area contributed by atoms with Crippen molar-refractivity contribution in [2.45, 2.75) is 56.8 Å². The molecular weight excluding hydrogens is 616 g/mol. The number of pyridine rings is 1. The lowest BCUT2D eigenvalue weighted by atomic mass is 10.0. The van der Waals surface area contributed by atoms with Crippen molar-refractivity contribution in [3.63, 3.8) is 0 Å². The van der Waals surface area contributed by atoms with Gasteiger partial charge in [0.1, 0.15) is 23.8 Å². The Bertz CT molecular complexity index is 1550. The lowest BCUT2D eigenvalue weighted by Gasteiger charge is -2.32. The van der Waals surface area contributed by atoms with Gasteiger partial charge < -0.3 is 29.5 Å². The molecule has 1 aliphatic carbocycles. The molecule has 1 aromatic heterocycles. The zero-order valence-corrected chi connectivity index (χ0v) is 27.1. The van der Waals surface area contributed by atoms with Crippen LogP contribution in [0, 0.1) is 23.5 Å². The number of halogens is 2. The third-order valence-corrected chi connectivity index (χ3v) is 9.95. The molecule has 0 spiro atoms. The Morgan fingerprint density at radius 3 is 1.98 bits per heavy atom. The predicted molar refractivity (Wildman–Crippen MR) is 178 cm³/mol. The first-order chi connectivity index (χ1) is 23.4. The van der Waals surface area contributed by atoms with Gasteiger partial charge in [0.25, 0.3) is 0 Å². The van der Waals surface area contributed by atoms with Crippen molar-refractivity contribution in [1.29, 1.82) is 0 Å². The van der Waals surface area contributed by atoms with Crippen LogP contribution in [-0.4, -0.2) is 79.7 Å². The van der Waals surface area contributed by atoms with E-state index in [9.17, 15) is 18.4 Å². The van der Waals surface area contributed by atoms with Crippen LogP contribution >= 0.6 is 0 Å². The third kappa shape index (κ3) is 7.89. The lowest BCUT2D eigenvalue weighted by Crippen LogP contribution is -2.50. The standard InChI is InChI=1S/C37H43F2N5O4/c38-28-4-8-30(9-5-28)43-19-15-26(22-43)36(45)41-33(24-42-17-1-2-18-42)35(25-3-14-34(40-21-25)47-32-12-13-32)48-37(46)27-16-20-44(23-27)31-10-6-29(39)7-11-31/h3-11,14,21,26-27,32-33,35H,1-2,12-13,15-20,22-24H2,(H,41,45)/t26?,27?,33?,35-/m1/s1. The topological polar surface area (TPSA) is 87.2 Å². The molecule has 7 rings (SSSR count). The average Bonchev–Trinajstić information content (AvgIpc) is 3.49. The van der Waals surface area contributed by atoms with E-state index in [0.717, 1.165) is 50.1 Å². The maximum Gasteiger partial charge on any atom is 0.311 e. The molecule has 1 N–H and O–H groups in total. The molecule has 4 atom stereocenters. The largest absolute Gasteiger partial charge is 0.474 e. The molecule has 2 aromatic carbocycles.